The normalized spacial score (nSPS) is 18.6. The van der Waals surface area contributed by atoms with Crippen molar-refractivity contribution in [1.82, 2.24) is 0 Å². The molecule has 29 heavy (non-hydrogen) atoms. The van der Waals surface area contributed by atoms with Crippen molar-refractivity contribution in [2.24, 2.45) is 0 Å². The summed E-state index contributed by atoms with van der Waals surface area (Å²) >= 11 is 0. The summed E-state index contributed by atoms with van der Waals surface area (Å²) < 4.78 is 9.10. The highest BCUT2D eigenvalue weighted by Gasteiger charge is 2.39. The van der Waals surface area contributed by atoms with Crippen molar-refractivity contribution in [3.63, 3.8) is 0 Å². The Morgan fingerprint density at radius 1 is 0.862 bits per heavy atom. The first-order chi connectivity index (χ1) is 14.1. The largest absolute Gasteiger partial charge is 0.336 e. The predicted octanol–water partition coefficient (Wildman–Crippen LogP) is 7.81. The molecule has 2 aliphatic rings. The van der Waals surface area contributed by atoms with Gasteiger partial charge in [0.2, 0.25) is 0 Å². The van der Waals surface area contributed by atoms with Gasteiger partial charge >= 0.3 is 0 Å². The molecule has 3 aromatic carbocycles. The Bertz CT molecular complexity index is 1120. The first-order valence-electron chi connectivity index (χ1n) is 11.3. The molecule has 1 fully saturated rings. The highest BCUT2D eigenvalue weighted by molar-refractivity contribution is 5.85. The minimum atomic E-state index is -0.468. The van der Waals surface area contributed by atoms with Gasteiger partial charge in [-0.15, -0.1) is 0 Å². The second kappa shape index (κ2) is 6.23. The Hall–Kier alpha value is -2.54. The number of benzene rings is 3. The maximum atomic E-state index is 9.10. The van der Waals surface area contributed by atoms with E-state index in [4.69, 9.17) is 1.37 Å². The maximum Gasteiger partial charge on any atom is 0.0454 e. The van der Waals surface area contributed by atoms with Gasteiger partial charge < -0.3 is 4.90 Å². The molecule has 1 nitrogen and oxygen atoms in total. The minimum absolute atomic E-state index is 0.0435. The summed E-state index contributed by atoms with van der Waals surface area (Å²) in [6.07, 6.45) is 1.88. The zero-order chi connectivity index (χ0) is 21.3. The molecule has 0 unspecified atom stereocenters. The van der Waals surface area contributed by atoms with Crippen LogP contribution in [0.5, 0.6) is 0 Å². The van der Waals surface area contributed by atoms with Crippen molar-refractivity contribution in [2.45, 2.75) is 64.3 Å². The number of rotatable bonds is 3. The number of hydrogen-bond donors (Lipinski definition) is 0. The molecule has 1 saturated carbocycles. The van der Waals surface area contributed by atoms with Crippen molar-refractivity contribution in [3.8, 4) is 11.1 Å². The summed E-state index contributed by atoms with van der Waals surface area (Å²) in [5.74, 6) is -0.468. The van der Waals surface area contributed by atoms with Crippen LogP contribution in [0, 0.1) is 0 Å². The van der Waals surface area contributed by atoms with Gasteiger partial charge in [-0.2, -0.15) is 0 Å². The Labute approximate surface area is 176 Å². The third kappa shape index (κ3) is 2.90. The Kier molecular flexibility index (Phi) is 3.72. The van der Waals surface area contributed by atoms with Crippen molar-refractivity contribution >= 4 is 11.4 Å². The lowest BCUT2D eigenvalue weighted by Crippen LogP contribution is -2.38. The number of para-hydroxylation sites is 1. The molecule has 0 aliphatic heterocycles. The second-order valence-corrected chi connectivity index (χ2v) is 10.0. The lowest BCUT2D eigenvalue weighted by atomic mass is 9.81. The van der Waals surface area contributed by atoms with E-state index < -0.39 is 5.89 Å². The molecule has 0 heterocycles. The van der Waals surface area contributed by atoms with Gasteiger partial charge in [-0.05, 0) is 91.6 Å². The maximum absolute atomic E-state index is 9.10. The fourth-order valence-electron chi connectivity index (χ4n) is 5.00. The molecule has 148 valence electrons. The van der Waals surface area contributed by atoms with Gasteiger partial charge in [0.25, 0.3) is 0 Å². The van der Waals surface area contributed by atoms with Crippen molar-refractivity contribution in [2.75, 3.05) is 4.90 Å². The van der Waals surface area contributed by atoms with E-state index in [0.717, 1.165) is 12.8 Å². The summed E-state index contributed by atoms with van der Waals surface area (Å²) in [6, 6.07) is 24.2. The first kappa shape index (κ1) is 17.3. The van der Waals surface area contributed by atoms with Crippen molar-refractivity contribution < 1.29 is 1.37 Å². The van der Waals surface area contributed by atoms with Crippen molar-refractivity contribution in [1.29, 1.82) is 0 Å². The highest BCUT2D eigenvalue weighted by atomic mass is 15.2. The molecule has 1 heteroatoms. The summed E-state index contributed by atoms with van der Waals surface area (Å²) in [6.45, 7) is 11.5. The average molecular weight is 383 g/mol. The first-order valence-corrected chi connectivity index (χ1v) is 10.8. The number of hydrogen-bond acceptors (Lipinski definition) is 1. The Morgan fingerprint density at radius 3 is 2.17 bits per heavy atom. The van der Waals surface area contributed by atoms with E-state index in [0.29, 0.717) is 0 Å². The zero-order valence-corrected chi connectivity index (χ0v) is 18.2. The molecule has 0 amide bonds. The standard InChI is InChI=1S/C28H31N/c1-27(2,3)29(20-11-7-6-8-12-20)26-18-25-23(17-22(26)19-15-16-19)21-13-9-10-14-24(21)28(25,4)5/h6-14,17-19H,15-16H2,1-5H3/i19D. The van der Waals surface area contributed by atoms with Gasteiger partial charge in [0.1, 0.15) is 0 Å². The quantitative estimate of drug-likeness (QED) is 0.446. The minimum Gasteiger partial charge on any atom is -0.336 e. The topological polar surface area (TPSA) is 3.24 Å². The smallest absolute Gasteiger partial charge is 0.0454 e. The van der Waals surface area contributed by atoms with E-state index >= 15 is 0 Å². The van der Waals surface area contributed by atoms with Gasteiger partial charge in [-0.1, -0.05) is 56.3 Å². The fourth-order valence-corrected chi connectivity index (χ4v) is 5.00. The molecule has 0 saturated heterocycles. The van der Waals surface area contributed by atoms with Crippen LogP contribution in [0.2, 0.25) is 0 Å². The fraction of sp³-hybridized carbons (Fsp3) is 0.357. The highest BCUT2D eigenvalue weighted by Crippen LogP contribution is 2.55. The van der Waals surface area contributed by atoms with E-state index in [1.54, 1.807) is 0 Å². The van der Waals surface area contributed by atoms with Crippen LogP contribution in [-0.2, 0) is 5.41 Å². The lowest BCUT2D eigenvalue weighted by Gasteiger charge is -2.40. The molecule has 0 atom stereocenters. The SMILES string of the molecule is [2H]C1(c2cc3c(cc2N(c2ccccc2)C(C)(C)C)C(C)(C)c2ccccc2-3)CC1. The molecular weight excluding hydrogens is 350 g/mol. The third-order valence-electron chi connectivity index (χ3n) is 6.51. The van der Waals surface area contributed by atoms with Crippen LogP contribution in [0.3, 0.4) is 0 Å². The van der Waals surface area contributed by atoms with E-state index in [1.807, 2.05) is 0 Å². The monoisotopic (exact) mass is 382 g/mol. The average Bonchev–Trinajstić information content (AvgIpc) is 3.41. The number of anilines is 2. The molecule has 0 bridgehead atoms. The number of nitrogens with zero attached hydrogens (tertiary/aromatic N) is 1. The van der Waals surface area contributed by atoms with E-state index in [-0.39, 0.29) is 11.0 Å². The lowest BCUT2D eigenvalue weighted by molar-refractivity contribution is 0.557. The second-order valence-electron chi connectivity index (χ2n) is 10.0. The third-order valence-corrected chi connectivity index (χ3v) is 6.51. The van der Waals surface area contributed by atoms with Crippen LogP contribution in [0.15, 0.2) is 66.7 Å². The van der Waals surface area contributed by atoms with Crippen molar-refractivity contribution in [3.05, 3.63) is 83.4 Å². The van der Waals surface area contributed by atoms with Gasteiger partial charge in [0.15, 0.2) is 0 Å². The summed E-state index contributed by atoms with van der Waals surface area (Å²) in [4.78, 5) is 2.44. The van der Waals surface area contributed by atoms with Gasteiger partial charge in [0, 0.05) is 23.7 Å². The van der Waals surface area contributed by atoms with E-state index in [2.05, 4.69) is 106 Å². The molecule has 0 spiro atoms. The van der Waals surface area contributed by atoms with Crippen LogP contribution < -0.4 is 4.90 Å². The van der Waals surface area contributed by atoms with E-state index in [9.17, 15) is 0 Å². The van der Waals surface area contributed by atoms with Crippen LogP contribution in [0.4, 0.5) is 11.4 Å². The van der Waals surface area contributed by atoms with Crippen LogP contribution in [-0.4, -0.2) is 5.54 Å². The van der Waals surface area contributed by atoms with Crippen LogP contribution in [0.1, 0.15) is 71.4 Å². The molecular formula is C28H31N. The van der Waals surface area contributed by atoms with E-state index in [1.165, 1.54) is 39.2 Å². The zero-order valence-electron chi connectivity index (χ0n) is 19.2. The van der Waals surface area contributed by atoms with Crippen LogP contribution >= 0.6 is 0 Å². The molecule has 3 aromatic rings. The molecule has 5 rings (SSSR count). The van der Waals surface area contributed by atoms with Crippen LogP contribution in [0.25, 0.3) is 11.1 Å². The van der Waals surface area contributed by atoms with Gasteiger partial charge in [0.05, 0.1) is 0 Å². The molecule has 0 N–H and O–H groups in total. The summed E-state index contributed by atoms with van der Waals surface area (Å²) in [7, 11) is 0. The van der Waals surface area contributed by atoms with Gasteiger partial charge in [-0.3, -0.25) is 0 Å². The predicted molar refractivity (Wildman–Crippen MR) is 124 cm³/mol. The summed E-state index contributed by atoms with van der Waals surface area (Å²) in [5.41, 5.74) is 8.81. The molecule has 0 aromatic heterocycles. The molecule has 2 aliphatic carbocycles. The number of fused-ring (bicyclic) bond motifs is 3. The molecule has 0 radical (unpaired) electrons. The van der Waals surface area contributed by atoms with Gasteiger partial charge in [-0.25, -0.2) is 0 Å². The Morgan fingerprint density at radius 2 is 1.52 bits per heavy atom. The summed E-state index contributed by atoms with van der Waals surface area (Å²) in [5, 5.41) is 0. The Balaban J connectivity index is 1.81.